The molecule has 1 aliphatic heterocycles. The van der Waals surface area contributed by atoms with Gasteiger partial charge in [0.2, 0.25) is 10.0 Å². The number of carbonyl (C=O) groups is 1. The second-order valence-corrected chi connectivity index (χ2v) is 9.64. The molecular weight excluding hydrogens is 447 g/mol. The third-order valence-electron chi connectivity index (χ3n) is 4.81. The molecule has 30 heavy (non-hydrogen) atoms. The maximum atomic E-state index is 12.9. The van der Waals surface area contributed by atoms with Crippen molar-refractivity contribution in [2.45, 2.75) is 17.7 Å². The van der Waals surface area contributed by atoms with E-state index in [0.29, 0.717) is 29.5 Å². The van der Waals surface area contributed by atoms with Crippen LogP contribution in [0.2, 0.25) is 10.0 Å². The number of benzene rings is 2. The van der Waals surface area contributed by atoms with Gasteiger partial charge in [0.05, 0.1) is 10.7 Å². The normalized spacial score (nSPS) is 14.7. The van der Waals surface area contributed by atoms with E-state index in [2.05, 4.69) is 15.5 Å². The first kappa shape index (κ1) is 20.9. The van der Waals surface area contributed by atoms with Crippen molar-refractivity contribution in [3.05, 3.63) is 64.3 Å². The summed E-state index contributed by atoms with van der Waals surface area (Å²) >= 11 is 12.2. The van der Waals surface area contributed by atoms with Crippen LogP contribution in [0.1, 0.15) is 23.3 Å². The van der Waals surface area contributed by atoms with Gasteiger partial charge in [-0.1, -0.05) is 35.3 Å². The Hall–Kier alpha value is -2.39. The number of halogens is 2. The smallest absolute Gasteiger partial charge is 0.273 e. The SMILES string of the molecule is O=C(Nc1ccc(Cl)c(S(=O)(=O)N2CCCC2)c1)c1cc(-c2cccc(Cl)c2)n[nH]1. The lowest BCUT2D eigenvalue weighted by molar-refractivity contribution is 0.102. The molecule has 0 saturated carbocycles. The molecule has 1 saturated heterocycles. The number of aromatic amines is 1. The summed E-state index contributed by atoms with van der Waals surface area (Å²) in [6.45, 7) is 0.936. The lowest BCUT2D eigenvalue weighted by atomic mass is 10.1. The number of amides is 1. The fourth-order valence-electron chi connectivity index (χ4n) is 3.28. The topological polar surface area (TPSA) is 95.2 Å². The number of H-pyrrole nitrogens is 1. The molecule has 156 valence electrons. The van der Waals surface area contributed by atoms with E-state index in [-0.39, 0.29) is 15.6 Å². The third kappa shape index (κ3) is 4.22. The van der Waals surface area contributed by atoms with Crippen LogP contribution in [0.5, 0.6) is 0 Å². The van der Waals surface area contributed by atoms with E-state index < -0.39 is 15.9 Å². The Morgan fingerprint density at radius 1 is 1.07 bits per heavy atom. The monoisotopic (exact) mass is 464 g/mol. The maximum absolute atomic E-state index is 12.9. The molecule has 7 nitrogen and oxygen atoms in total. The number of nitrogens with one attached hydrogen (secondary N) is 2. The number of rotatable bonds is 5. The third-order valence-corrected chi connectivity index (χ3v) is 7.43. The molecule has 0 bridgehead atoms. The standard InChI is InChI=1S/C20H18Cl2N4O3S/c21-14-5-3-4-13(10-14)17-12-18(25-24-17)20(27)23-15-6-7-16(22)19(11-15)30(28,29)26-8-1-2-9-26/h3-7,10-12H,1-2,8-9H2,(H,23,27)(H,24,25). The van der Waals surface area contributed by atoms with Gasteiger partial charge in [-0.3, -0.25) is 9.89 Å². The molecule has 10 heteroatoms. The van der Waals surface area contributed by atoms with Crippen LogP contribution in [0.3, 0.4) is 0 Å². The number of carbonyl (C=O) groups excluding carboxylic acids is 1. The van der Waals surface area contributed by atoms with Gasteiger partial charge in [0.25, 0.3) is 5.91 Å². The molecule has 0 aliphatic carbocycles. The summed E-state index contributed by atoms with van der Waals surface area (Å²) in [6, 6.07) is 13.1. The summed E-state index contributed by atoms with van der Waals surface area (Å²) in [5.41, 5.74) is 1.88. The van der Waals surface area contributed by atoms with E-state index in [4.69, 9.17) is 23.2 Å². The summed E-state index contributed by atoms with van der Waals surface area (Å²) in [4.78, 5) is 12.6. The fraction of sp³-hybridized carbons (Fsp3) is 0.200. The predicted molar refractivity (Wildman–Crippen MR) is 116 cm³/mol. The molecule has 2 N–H and O–H groups in total. The second kappa shape index (κ2) is 8.39. The highest BCUT2D eigenvalue weighted by molar-refractivity contribution is 7.89. The van der Waals surface area contributed by atoms with Crippen LogP contribution in [0.4, 0.5) is 5.69 Å². The minimum atomic E-state index is -3.71. The Morgan fingerprint density at radius 3 is 2.57 bits per heavy atom. The van der Waals surface area contributed by atoms with Crippen molar-refractivity contribution in [3.8, 4) is 11.3 Å². The number of hydrogen-bond donors (Lipinski definition) is 2. The van der Waals surface area contributed by atoms with Gasteiger partial charge >= 0.3 is 0 Å². The van der Waals surface area contributed by atoms with Crippen molar-refractivity contribution < 1.29 is 13.2 Å². The quantitative estimate of drug-likeness (QED) is 0.583. The Kier molecular flexibility index (Phi) is 5.84. The summed E-state index contributed by atoms with van der Waals surface area (Å²) in [5.74, 6) is -0.456. The minimum absolute atomic E-state index is 0.0203. The Bertz CT molecular complexity index is 1200. The van der Waals surface area contributed by atoms with Gasteiger partial charge in [-0.05, 0) is 49.2 Å². The average molecular weight is 465 g/mol. The van der Waals surface area contributed by atoms with Gasteiger partial charge in [0, 0.05) is 29.4 Å². The predicted octanol–water partition coefficient (Wildman–Crippen LogP) is 4.42. The number of anilines is 1. The summed E-state index contributed by atoms with van der Waals surface area (Å²) in [7, 11) is -3.71. The highest BCUT2D eigenvalue weighted by Crippen LogP contribution is 2.30. The molecule has 0 unspecified atom stereocenters. The van der Waals surface area contributed by atoms with Gasteiger partial charge in [-0.25, -0.2) is 8.42 Å². The zero-order valence-electron chi connectivity index (χ0n) is 15.7. The van der Waals surface area contributed by atoms with Crippen LogP contribution in [-0.4, -0.2) is 41.9 Å². The average Bonchev–Trinajstić information content (AvgIpc) is 3.42. The van der Waals surface area contributed by atoms with Crippen molar-refractivity contribution in [1.29, 1.82) is 0 Å². The van der Waals surface area contributed by atoms with Crippen molar-refractivity contribution in [1.82, 2.24) is 14.5 Å². The Labute approximate surface area is 184 Å². The van der Waals surface area contributed by atoms with Gasteiger partial charge in [-0.2, -0.15) is 9.40 Å². The van der Waals surface area contributed by atoms with E-state index in [1.807, 2.05) is 6.07 Å². The van der Waals surface area contributed by atoms with Gasteiger partial charge < -0.3 is 5.32 Å². The molecule has 1 aliphatic rings. The largest absolute Gasteiger partial charge is 0.321 e. The number of aromatic nitrogens is 2. The Morgan fingerprint density at radius 2 is 1.83 bits per heavy atom. The molecule has 0 radical (unpaired) electrons. The van der Waals surface area contributed by atoms with Crippen molar-refractivity contribution >= 4 is 44.8 Å². The molecule has 4 rings (SSSR count). The van der Waals surface area contributed by atoms with E-state index in [1.165, 1.54) is 16.4 Å². The molecule has 2 aromatic carbocycles. The molecule has 2 heterocycles. The van der Waals surface area contributed by atoms with Gasteiger partial charge in [-0.15, -0.1) is 0 Å². The van der Waals surface area contributed by atoms with Crippen molar-refractivity contribution in [2.75, 3.05) is 18.4 Å². The van der Waals surface area contributed by atoms with Crippen LogP contribution >= 0.6 is 23.2 Å². The molecule has 1 fully saturated rings. The molecule has 3 aromatic rings. The number of hydrogen-bond acceptors (Lipinski definition) is 4. The number of sulfonamides is 1. The molecule has 1 aromatic heterocycles. The van der Waals surface area contributed by atoms with Crippen molar-refractivity contribution in [2.24, 2.45) is 0 Å². The Balaban J connectivity index is 1.56. The highest BCUT2D eigenvalue weighted by Gasteiger charge is 2.29. The van der Waals surface area contributed by atoms with E-state index in [9.17, 15) is 13.2 Å². The van der Waals surface area contributed by atoms with E-state index in [1.54, 1.807) is 30.3 Å². The summed E-state index contributed by atoms with van der Waals surface area (Å²) in [6.07, 6.45) is 1.64. The highest BCUT2D eigenvalue weighted by atomic mass is 35.5. The first-order valence-corrected chi connectivity index (χ1v) is 11.5. The first-order chi connectivity index (χ1) is 14.3. The molecule has 0 spiro atoms. The van der Waals surface area contributed by atoms with Crippen LogP contribution in [0.15, 0.2) is 53.4 Å². The molecule has 0 atom stereocenters. The van der Waals surface area contributed by atoms with Gasteiger partial charge in [0.15, 0.2) is 0 Å². The zero-order chi connectivity index (χ0) is 21.3. The lowest BCUT2D eigenvalue weighted by Gasteiger charge is -2.17. The fourth-order valence-corrected chi connectivity index (χ4v) is 5.49. The van der Waals surface area contributed by atoms with E-state index >= 15 is 0 Å². The van der Waals surface area contributed by atoms with E-state index in [0.717, 1.165) is 18.4 Å². The first-order valence-electron chi connectivity index (χ1n) is 9.27. The van der Waals surface area contributed by atoms with Crippen LogP contribution < -0.4 is 5.32 Å². The minimum Gasteiger partial charge on any atom is -0.321 e. The molecule has 1 amide bonds. The molecular formula is C20H18Cl2N4O3S. The summed E-state index contributed by atoms with van der Waals surface area (Å²) < 4.78 is 27.1. The van der Waals surface area contributed by atoms with Crippen LogP contribution in [0.25, 0.3) is 11.3 Å². The van der Waals surface area contributed by atoms with Crippen molar-refractivity contribution in [3.63, 3.8) is 0 Å². The van der Waals surface area contributed by atoms with Gasteiger partial charge in [0.1, 0.15) is 10.6 Å². The lowest BCUT2D eigenvalue weighted by Crippen LogP contribution is -2.28. The number of nitrogens with zero attached hydrogens (tertiary/aromatic N) is 2. The zero-order valence-corrected chi connectivity index (χ0v) is 18.1. The van der Waals surface area contributed by atoms with Crippen LogP contribution in [-0.2, 0) is 10.0 Å². The summed E-state index contributed by atoms with van der Waals surface area (Å²) in [5, 5.41) is 10.2. The second-order valence-electron chi connectivity index (χ2n) is 6.89. The maximum Gasteiger partial charge on any atom is 0.273 e. The van der Waals surface area contributed by atoms with Crippen LogP contribution in [0, 0.1) is 0 Å².